The van der Waals surface area contributed by atoms with Crippen LogP contribution in [0.2, 0.25) is 0 Å². The molecular weight excluding hydrogens is 402 g/mol. The molecule has 0 saturated carbocycles. The Morgan fingerprint density at radius 3 is 2.19 bits per heavy atom. The molecule has 32 heavy (non-hydrogen) atoms. The minimum Gasteiger partial charge on any atom is -0.487 e. The van der Waals surface area contributed by atoms with Crippen molar-refractivity contribution in [2.45, 2.75) is 32.9 Å². The molecule has 6 nitrogen and oxygen atoms in total. The maximum absolute atomic E-state index is 12.4. The second kappa shape index (κ2) is 10.5. The van der Waals surface area contributed by atoms with Gasteiger partial charge in [0, 0.05) is 16.8 Å². The Balaban J connectivity index is 1.52. The van der Waals surface area contributed by atoms with Crippen LogP contribution < -0.4 is 20.7 Å². The van der Waals surface area contributed by atoms with E-state index < -0.39 is 0 Å². The van der Waals surface area contributed by atoms with Crippen molar-refractivity contribution in [1.82, 2.24) is 5.32 Å². The minimum absolute atomic E-state index is 0.0813. The number of carbonyl (C=O) groups excluding carboxylic acids is 2. The molecule has 166 valence electrons. The number of anilines is 2. The van der Waals surface area contributed by atoms with E-state index in [2.05, 4.69) is 16.0 Å². The normalized spacial score (nSPS) is 10.8. The van der Waals surface area contributed by atoms with Crippen LogP contribution in [0.4, 0.5) is 11.4 Å². The summed E-state index contributed by atoms with van der Waals surface area (Å²) in [6, 6.07) is 24.2. The Morgan fingerprint density at radius 2 is 1.50 bits per heavy atom. The Bertz CT molecular complexity index is 1040. The first kappa shape index (κ1) is 22.9. The quantitative estimate of drug-likeness (QED) is 0.477. The van der Waals surface area contributed by atoms with E-state index in [1.807, 2.05) is 75.4 Å². The lowest BCUT2D eigenvalue weighted by atomic mass is 10.1. The van der Waals surface area contributed by atoms with Gasteiger partial charge in [0.25, 0.3) is 5.91 Å². The fourth-order valence-corrected chi connectivity index (χ4v) is 2.97. The summed E-state index contributed by atoms with van der Waals surface area (Å²) >= 11 is 0. The molecule has 0 aliphatic rings. The van der Waals surface area contributed by atoms with Crippen molar-refractivity contribution in [3.8, 4) is 5.75 Å². The first-order valence-electron chi connectivity index (χ1n) is 10.5. The summed E-state index contributed by atoms with van der Waals surface area (Å²) in [5, 5.41) is 8.87. The monoisotopic (exact) mass is 431 g/mol. The van der Waals surface area contributed by atoms with Crippen LogP contribution in [0.25, 0.3) is 0 Å². The molecule has 0 saturated heterocycles. The summed E-state index contributed by atoms with van der Waals surface area (Å²) < 4.78 is 5.91. The summed E-state index contributed by atoms with van der Waals surface area (Å²) in [7, 11) is 0. The van der Waals surface area contributed by atoms with E-state index in [0.29, 0.717) is 23.6 Å². The molecule has 3 aromatic rings. The standard InChI is InChI=1S/C26H29N3O3/c1-26(2,3)29-25(31)20-13-15-21(16-14-20)28-24(30)17-27-22-11-7-8-12-23(22)32-18-19-9-5-4-6-10-19/h4-16,27H,17-18H2,1-3H3,(H,28,30)(H,29,31). The number of hydrogen-bond donors (Lipinski definition) is 3. The highest BCUT2D eigenvalue weighted by Crippen LogP contribution is 2.24. The number of benzene rings is 3. The number of ether oxygens (including phenoxy) is 1. The van der Waals surface area contributed by atoms with Gasteiger partial charge >= 0.3 is 0 Å². The van der Waals surface area contributed by atoms with Crippen LogP contribution in [-0.4, -0.2) is 23.9 Å². The van der Waals surface area contributed by atoms with Gasteiger partial charge in [-0.25, -0.2) is 0 Å². The zero-order valence-electron chi connectivity index (χ0n) is 18.6. The molecule has 0 bridgehead atoms. The third kappa shape index (κ3) is 7.16. The summed E-state index contributed by atoms with van der Waals surface area (Å²) in [6.45, 7) is 6.31. The molecule has 2 amide bonds. The zero-order valence-corrected chi connectivity index (χ0v) is 18.6. The molecule has 0 aromatic heterocycles. The van der Waals surface area contributed by atoms with Gasteiger partial charge in [-0.1, -0.05) is 42.5 Å². The smallest absolute Gasteiger partial charge is 0.251 e. The van der Waals surface area contributed by atoms with Crippen molar-refractivity contribution in [2.24, 2.45) is 0 Å². The molecule has 3 N–H and O–H groups in total. The Hall–Kier alpha value is -3.80. The number of hydrogen-bond acceptors (Lipinski definition) is 4. The number of para-hydroxylation sites is 2. The van der Waals surface area contributed by atoms with Crippen molar-refractivity contribution >= 4 is 23.2 Å². The van der Waals surface area contributed by atoms with E-state index >= 15 is 0 Å². The highest BCUT2D eigenvalue weighted by atomic mass is 16.5. The molecule has 0 atom stereocenters. The molecule has 0 aliphatic heterocycles. The van der Waals surface area contributed by atoms with Gasteiger partial charge in [0.1, 0.15) is 12.4 Å². The summed E-state index contributed by atoms with van der Waals surface area (Å²) in [5.74, 6) is 0.331. The second-order valence-electron chi connectivity index (χ2n) is 8.45. The molecule has 0 unspecified atom stereocenters. The van der Waals surface area contributed by atoms with E-state index in [1.54, 1.807) is 24.3 Å². The second-order valence-corrected chi connectivity index (χ2v) is 8.45. The number of rotatable bonds is 8. The van der Waals surface area contributed by atoms with Crippen LogP contribution in [0, 0.1) is 0 Å². The topological polar surface area (TPSA) is 79.5 Å². The minimum atomic E-state index is -0.309. The van der Waals surface area contributed by atoms with E-state index in [0.717, 1.165) is 11.3 Å². The zero-order chi connectivity index (χ0) is 23.0. The first-order chi connectivity index (χ1) is 15.3. The van der Waals surface area contributed by atoms with Gasteiger partial charge in [-0.05, 0) is 62.7 Å². The van der Waals surface area contributed by atoms with Crippen LogP contribution in [0.3, 0.4) is 0 Å². The molecule has 0 radical (unpaired) electrons. The average Bonchev–Trinajstić information content (AvgIpc) is 2.77. The molecule has 3 rings (SSSR count). The molecule has 0 spiro atoms. The Kier molecular flexibility index (Phi) is 7.49. The molecule has 0 fully saturated rings. The lowest BCUT2D eigenvalue weighted by Gasteiger charge is -2.20. The SMILES string of the molecule is CC(C)(C)NC(=O)c1ccc(NC(=O)CNc2ccccc2OCc2ccccc2)cc1. The highest BCUT2D eigenvalue weighted by Gasteiger charge is 2.15. The van der Waals surface area contributed by atoms with Crippen LogP contribution in [0.1, 0.15) is 36.7 Å². The van der Waals surface area contributed by atoms with E-state index in [9.17, 15) is 9.59 Å². The van der Waals surface area contributed by atoms with E-state index in [-0.39, 0.29) is 23.9 Å². The van der Waals surface area contributed by atoms with Crippen molar-refractivity contribution in [3.05, 3.63) is 90.0 Å². The van der Waals surface area contributed by atoms with E-state index in [4.69, 9.17) is 4.74 Å². The lowest BCUT2D eigenvalue weighted by molar-refractivity contribution is -0.114. The fraction of sp³-hybridized carbons (Fsp3) is 0.231. The summed E-state index contributed by atoms with van der Waals surface area (Å²) in [6.07, 6.45) is 0. The van der Waals surface area contributed by atoms with Gasteiger partial charge in [-0.2, -0.15) is 0 Å². The van der Waals surface area contributed by atoms with Gasteiger partial charge in [-0.3, -0.25) is 9.59 Å². The van der Waals surface area contributed by atoms with Gasteiger partial charge in [-0.15, -0.1) is 0 Å². The third-order valence-electron chi connectivity index (χ3n) is 4.48. The predicted molar refractivity (Wildman–Crippen MR) is 128 cm³/mol. The maximum Gasteiger partial charge on any atom is 0.251 e. The van der Waals surface area contributed by atoms with E-state index in [1.165, 1.54) is 0 Å². The number of amides is 2. The van der Waals surface area contributed by atoms with Crippen molar-refractivity contribution in [3.63, 3.8) is 0 Å². The van der Waals surface area contributed by atoms with Crippen LogP contribution >= 0.6 is 0 Å². The number of nitrogens with one attached hydrogen (secondary N) is 3. The molecular formula is C26H29N3O3. The van der Waals surface area contributed by atoms with Crippen LogP contribution in [0.15, 0.2) is 78.9 Å². The first-order valence-corrected chi connectivity index (χ1v) is 10.5. The fourth-order valence-electron chi connectivity index (χ4n) is 2.97. The average molecular weight is 432 g/mol. The largest absolute Gasteiger partial charge is 0.487 e. The summed E-state index contributed by atoms with van der Waals surface area (Å²) in [5.41, 5.74) is 2.67. The Labute approximate surface area is 189 Å². The van der Waals surface area contributed by atoms with Crippen LogP contribution in [-0.2, 0) is 11.4 Å². The molecule has 0 aliphatic carbocycles. The van der Waals surface area contributed by atoms with Crippen molar-refractivity contribution < 1.29 is 14.3 Å². The highest BCUT2D eigenvalue weighted by molar-refractivity contribution is 5.97. The van der Waals surface area contributed by atoms with Gasteiger partial charge in [0.15, 0.2) is 0 Å². The van der Waals surface area contributed by atoms with Gasteiger partial charge < -0.3 is 20.7 Å². The third-order valence-corrected chi connectivity index (χ3v) is 4.48. The number of carbonyl (C=O) groups is 2. The van der Waals surface area contributed by atoms with Crippen molar-refractivity contribution in [2.75, 3.05) is 17.2 Å². The molecule has 3 aromatic carbocycles. The van der Waals surface area contributed by atoms with Crippen LogP contribution in [0.5, 0.6) is 5.75 Å². The van der Waals surface area contributed by atoms with Crippen molar-refractivity contribution in [1.29, 1.82) is 0 Å². The summed E-state index contributed by atoms with van der Waals surface area (Å²) in [4.78, 5) is 24.6. The predicted octanol–water partition coefficient (Wildman–Crippen LogP) is 4.84. The molecule has 0 heterocycles. The Morgan fingerprint density at radius 1 is 0.844 bits per heavy atom. The molecule has 6 heteroatoms. The van der Waals surface area contributed by atoms with Gasteiger partial charge in [0.2, 0.25) is 5.91 Å². The van der Waals surface area contributed by atoms with Gasteiger partial charge in [0.05, 0.1) is 12.2 Å². The lowest BCUT2D eigenvalue weighted by Crippen LogP contribution is -2.40. The maximum atomic E-state index is 12.4.